The lowest BCUT2D eigenvalue weighted by Gasteiger charge is -2.19. The number of rotatable bonds is 4. The molecule has 1 aliphatic heterocycles. The molecule has 0 aliphatic carbocycles. The van der Waals surface area contributed by atoms with Gasteiger partial charge in [0.05, 0.1) is 11.4 Å². The maximum atomic E-state index is 11.8. The van der Waals surface area contributed by atoms with Gasteiger partial charge >= 0.3 is 0 Å². The van der Waals surface area contributed by atoms with Gasteiger partial charge in [-0.3, -0.25) is 0 Å². The van der Waals surface area contributed by atoms with Crippen LogP contribution in [0.1, 0.15) is 16.7 Å². The molecule has 6 heteroatoms. The molecule has 0 unspecified atom stereocenters. The quantitative estimate of drug-likeness (QED) is 0.555. The van der Waals surface area contributed by atoms with Crippen molar-refractivity contribution in [2.24, 2.45) is 0 Å². The van der Waals surface area contributed by atoms with E-state index < -0.39 is 9.84 Å². The number of allylic oxidation sites excluding steroid dienone is 1. The fourth-order valence-electron chi connectivity index (χ4n) is 3.55. The van der Waals surface area contributed by atoms with Crippen LogP contribution in [0.3, 0.4) is 0 Å². The van der Waals surface area contributed by atoms with Crippen LogP contribution in [0.2, 0.25) is 5.02 Å². The van der Waals surface area contributed by atoms with E-state index in [1.54, 1.807) is 0 Å². The fourth-order valence-corrected chi connectivity index (χ4v) is 4.87. The van der Waals surface area contributed by atoms with E-state index >= 15 is 0 Å². The van der Waals surface area contributed by atoms with Crippen molar-refractivity contribution in [3.05, 3.63) is 88.6 Å². The number of aryl methyl sites for hydroxylation is 1. The molecule has 0 saturated carbocycles. The summed E-state index contributed by atoms with van der Waals surface area (Å²) in [6.45, 7) is 5.84. The summed E-state index contributed by atoms with van der Waals surface area (Å²) in [5.74, 6) is 0.669. The third kappa shape index (κ3) is 4.18. The zero-order chi connectivity index (χ0) is 21.5. The van der Waals surface area contributed by atoms with Gasteiger partial charge < -0.3 is 5.32 Å². The lowest BCUT2D eigenvalue weighted by Crippen LogP contribution is -2.06. The molecule has 2 aromatic carbocycles. The molecular weight excluding hydrogens is 416 g/mol. The van der Waals surface area contributed by atoms with Crippen LogP contribution < -0.4 is 5.32 Å². The second kappa shape index (κ2) is 7.74. The Hall–Kier alpha value is -2.89. The van der Waals surface area contributed by atoms with E-state index in [-0.39, 0.29) is 5.75 Å². The molecule has 0 radical (unpaired) electrons. The number of pyridine rings is 1. The number of sulfone groups is 1. The normalized spacial score (nSPS) is 13.1. The molecule has 0 spiro atoms. The molecule has 0 bridgehead atoms. The Kier molecular flexibility index (Phi) is 5.26. The van der Waals surface area contributed by atoms with Gasteiger partial charge in [0.25, 0.3) is 0 Å². The lowest BCUT2D eigenvalue weighted by molar-refractivity contribution is 0.601. The molecule has 152 valence electrons. The van der Waals surface area contributed by atoms with Crippen LogP contribution in [-0.2, 0) is 15.6 Å². The first-order chi connectivity index (χ1) is 14.2. The predicted octanol–water partition coefficient (Wildman–Crippen LogP) is 5.87. The smallest absolute Gasteiger partial charge is 0.151 e. The number of hydrogen-bond donors (Lipinski definition) is 1. The van der Waals surface area contributed by atoms with Gasteiger partial charge in [-0.05, 0) is 47.9 Å². The van der Waals surface area contributed by atoms with Crippen molar-refractivity contribution in [3.63, 3.8) is 0 Å². The van der Waals surface area contributed by atoms with Crippen molar-refractivity contribution in [1.29, 1.82) is 0 Å². The van der Waals surface area contributed by atoms with E-state index in [4.69, 9.17) is 16.6 Å². The number of aromatic nitrogens is 1. The molecule has 0 amide bonds. The van der Waals surface area contributed by atoms with Crippen molar-refractivity contribution in [2.75, 3.05) is 11.6 Å². The van der Waals surface area contributed by atoms with Crippen LogP contribution in [0.15, 0.2) is 66.9 Å². The minimum Gasteiger partial charge on any atom is -0.340 e. The molecule has 1 N–H and O–H groups in total. The first kappa shape index (κ1) is 20.4. The number of anilines is 1. The average Bonchev–Trinajstić information content (AvgIpc) is 2.69. The average molecular weight is 437 g/mol. The van der Waals surface area contributed by atoms with Crippen LogP contribution in [0.5, 0.6) is 0 Å². The van der Waals surface area contributed by atoms with Gasteiger partial charge in [0.2, 0.25) is 0 Å². The highest BCUT2D eigenvalue weighted by molar-refractivity contribution is 7.89. The molecule has 0 fully saturated rings. The predicted molar refractivity (Wildman–Crippen MR) is 125 cm³/mol. The number of benzene rings is 2. The molecule has 0 saturated heterocycles. The van der Waals surface area contributed by atoms with Crippen LogP contribution in [0.4, 0.5) is 5.82 Å². The fraction of sp³-hybridized carbons (Fsp3) is 0.125. The highest BCUT2D eigenvalue weighted by atomic mass is 35.5. The van der Waals surface area contributed by atoms with Gasteiger partial charge in [0, 0.05) is 33.7 Å². The van der Waals surface area contributed by atoms with Gasteiger partial charge in [0.15, 0.2) is 9.84 Å². The van der Waals surface area contributed by atoms with E-state index in [9.17, 15) is 8.42 Å². The number of fused-ring (bicyclic) bond motifs is 1. The summed E-state index contributed by atoms with van der Waals surface area (Å²) in [6, 6.07) is 15.8. The molecule has 30 heavy (non-hydrogen) atoms. The first-order valence-corrected chi connectivity index (χ1v) is 11.9. The Labute approximate surface area is 181 Å². The van der Waals surface area contributed by atoms with Crippen molar-refractivity contribution < 1.29 is 8.42 Å². The molecule has 1 aromatic heterocycles. The lowest BCUT2D eigenvalue weighted by atomic mass is 9.94. The van der Waals surface area contributed by atoms with E-state index in [0.29, 0.717) is 10.6 Å². The number of hydrogen-bond acceptors (Lipinski definition) is 4. The Morgan fingerprint density at radius 2 is 1.80 bits per heavy atom. The molecule has 0 atom stereocenters. The Bertz CT molecular complexity index is 1270. The zero-order valence-electron chi connectivity index (χ0n) is 16.7. The van der Waals surface area contributed by atoms with Crippen LogP contribution in [0, 0.1) is 6.92 Å². The zero-order valence-corrected chi connectivity index (χ0v) is 18.3. The van der Waals surface area contributed by atoms with Gasteiger partial charge in [0.1, 0.15) is 5.82 Å². The summed E-state index contributed by atoms with van der Waals surface area (Å²) in [7, 11) is -3.19. The van der Waals surface area contributed by atoms with E-state index in [1.807, 2.05) is 61.5 Å². The summed E-state index contributed by atoms with van der Waals surface area (Å²) in [6.07, 6.45) is 5.10. The minimum absolute atomic E-state index is 0.0826. The number of halogens is 1. The third-order valence-corrected chi connectivity index (χ3v) is 6.13. The molecule has 1 aliphatic rings. The largest absolute Gasteiger partial charge is 0.340 e. The SMILES string of the molecule is C=C1C=Cc2cc(-c3cc(C)c(CS(C)(=O)=O)c(Cl)c3)c(-c3ccccc3)nc2N1. The van der Waals surface area contributed by atoms with Crippen LogP contribution >= 0.6 is 11.6 Å². The van der Waals surface area contributed by atoms with E-state index in [0.717, 1.165) is 45.0 Å². The molecule has 2 heterocycles. The van der Waals surface area contributed by atoms with Gasteiger partial charge in [-0.1, -0.05) is 54.6 Å². The van der Waals surface area contributed by atoms with Crippen molar-refractivity contribution >= 4 is 33.3 Å². The highest BCUT2D eigenvalue weighted by Crippen LogP contribution is 2.38. The maximum absolute atomic E-state index is 11.8. The molecule has 3 aromatic rings. The highest BCUT2D eigenvalue weighted by Gasteiger charge is 2.19. The second-order valence-corrected chi connectivity index (χ2v) is 10.0. The third-order valence-electron chi connectivity index (χ3n) is 4.98. The second-order valence-electron chi connectivity index (χ2n) is 7.50. The van der Waals surface area contributed by atoms with Crippen LogP contribution in [0.25, 0.3) is 28.5 Å². The van der Waals surface area contributed by atoms with E-state index in [1.165, 1.54) is 6.26 Å². The Morgan fingerprint density at radius 1 is 1.07 bits per heavy atom. The summed E-state index contributed by atoms with van der Waals surface area (Å²) in [5.41, 5.74) is 6.81. The monoisotopic (exact) mass is 436 g/mol. The minimum atomic E-state index is -3.19. The van der Waals surface area contributed by atoms with Gasteiger partial charge in [-0.25, -0.2) is 13.4 Å². The number of nitrogens with one attached hydrogen (secondary N) is 1. The summed E-state index contributed by atoms with van der Waals surface area (Å²) < 4.78 is 23.6. The topological polar surface area (TPSA) is 59.1 Å². The van der Waals surface area contributed by atoms with Crippen LogP contribution in [-0.4, -0.2) is 19.7 Å². The Morgan fingerprint density at radius 3 is 2.47 bits per heavy atom. The van der Waals surface area contributed by atoms with E-state index in [2.05, 4.69) is 18.0 Å². The summed E-state index contributed by atoms with van der Waals surface area (Å²) in [4.78, 5) is 4.89. The van der Waals surface area contributed by atoms with Crippen molar-refractivity contribution in [2.45, 2.75) is 12.7 Å². The standard InChI is InChI=1S/C24H21ClN2O2S/c1-15-11-19(13-22(25)21(15)14-30(3,28)29)20-12-18-10-9-16(2)26-24(18)27-23(20)17-7-5-4-6-8-17/h4-13H,2,14H2,1,3H3,(H,26,27). The number of nitrogens with zero attached hydrogens (tertiary/aromatic N) is 1. The Balaban J connectivity index is 1.93. The molecular formula is C24H21ClN2O2S. The summed E-state index contributed by atoms with van der Waals surface area (Å²) >= 11 is 6.53. The first-order valence-electron chi connectivity index (χ1n) is 9.43. The van der Waals surface area contributed by atoms with Gasteiger partial charge in [-0.15, -0.1) is 0 Å². The van der Waals surface area contributed by atoms with Crippen molar-refractivity contribution in [3.8, 4) is 22.4 Å². The van der Waals surface area contributed by atoms with Crippen molar-refractivity contribution in [1.82, 2.24) is 4.98 Å². The summed E-state index contributed by atoms with van der Waals surface area (Å²) in [5, 5.41) is 3.66. The maximum Gasteiger partial charge on any atom is 0.151 e. The molecule has 4 nitrogen and oxygen atoms in total. The van der Waals surface area contributed by atoms with Gasteiger partial charge in [-0.2, -0.15) is 0 Å². The molecule has 4 rings (SSSR count).